The van der Waals surface area contributed by atoms with E-state index in [4.69, 9.17) is 0 Å². The van der Waals surface area contributed by atoms with Crippen molar-refractivity contribution in [2.45, 2.75) is 32.7 Å². The average Bonchev–Trinajstić information content (AvgIpc) is 2.91. The number of hydrogen-bond donors (Lipinski definition) is 1. The molecule has 0 amide bonds. The van der Waals surface area contributed by atoms with Crippen molar-refractivity contribution in [3.8, 4) is 0 Å². The van der Waals surface area contributed by atoms with Gasteiger partial charge < -0.3 is 5.11 Å². The van der Waals surface area contributed by atoms with E-state index in [2.05, 4.69) is 66.4 Å². The summed E-state index contributed by atoms with van der Waals surface area (Å²) < 4.78 is 1.83. The molecule has 4 heteroatoms. The van der Waals surface area contributed by atoms with E-state index in [1.165, 1.54) is 16.3 Å². The van der Waals surface area contributed by atoms with Crippen molar-refractivity contribution in [2.24, 2.45) is 0 Å². The molecule has 0 saturated carbocycles. The summed E-state index contributed by atoms with van der Waals surface area (Å²) in [5.74, 6) is 2.03. The highest BCUT2D eigenvalue weighted by Gasteiger charge is 2.13. The lowest BCUT2D eigenvalue weighted by Crippen LogP contribution is -2.09. The van der Waals surface area contributed by atoms with Crippen LogP contribution in [0, 0.1) is 0 Å². The van der Waals surface area contributed by atoms with Crippen molar-refractivity contribution in [3.63, 3.8) is 0 Å². The Bertz CT molecular complexity index is 772. The topological polar surface area (TPSA) is 50.9 Å². The van der Waals surface area contributed by atoms with Gasteiger partial charge >= 0.3 is 0 Å². The van der Waals surface area contributed by atoms with Crippen LogP contribution in [0.1, 0.15) is 37.0 Å². The van der Waals surface area contributed by atoms with Crippen LogP contribution in [0.25, 0.3) is 10.8 Å². The van der Waals surface area contributed by atoms with Crippen molar-refractivity contribution in [3.05, 3.63) is 59.7 Å². The van der Waals surface area contributed by atoms with Crippen molar-refractivity contribution in [1.29, 1.82) is 0 Å². The van der Waals surface area contributed by atoms with Crippen LogP contribution in [0.4, 0.5) is 0 Å². The average molecular weight is 295 g/mol. The Labute approximate surface area is 130 Å². The van der Waals surface area contributed by atoms with E-state index in [0.717, 1.165) is 18.1 Å². The number of aromatic nitrogens is 3. The standard InChI is InChI=1S/C18H21N3O/c1-13(2)18-19-17(21(20-18)10-11-22)12-15-8-5-7-14-6-3-4-9-16(14)15/h3-9,13,22H,10-12H2,1-2H3. The van der Waals surface area contributed by atoms with Crippen LogP contribution < -0.4 is 0 Å². The number of rotatable bonds is 5. The lowest BCUT2D eigenvalue weighted by atomic mass is 10.0. The minimum atomic E-state index is 0.0728. The molecule has 0 radical (unpaired) electrons. The maximum atomic E-state index is 9.24. The minimum absolute atomic E-state index is 0.0728. The molecule has 0 spiro atoms. The first-order valence-corrected chi connectivity index (χ1v) is 7.70. The van der Waals surface area contributed by atoms with Gasteiger partial charge in [0.2, 0.25) is 0 Å². The second-order valence-electron chi connectivity index (χ2n) is 5.80. The number of hydrogen-bond acceptors (Lipinski definition) is 3. The zero-order valence-corrected chi connectivity index (χ0v) is 13.0. The Morgan fingerprint density at radius 1 is 1.09 bits per heavy atom. The molecule has 1 heterocycles. The summed E-state index contributed by atoms with van der Waals surface area (Å²) in [4.78, 5) is 4.67. The van der Waals surface area contributed by atoms with Crippen LogP contribution in [0.2, 0.25) is 0 Å². The van der Waals surface area contributed by atoms with Crippen LogP contribution >= 0.6 is 0 Å². The maximum absolute atomic E-state index is 9.24. The maximum Gasteiger partial charge on any atom is 0.153 e. The predicted octanol–water partition coefficient (Wildman–Crippen LogP) is 3.14. The molecule has 114 valence electrons. The van der Waals surface area contributed by atoms with Crippen LogP contribution in [0.5, 0.6) is 0 Å². The molecule has 0 aliphatic heterocycles. The van der Waals surface area contributed by atoms with Gasteiger partial charge in [0.15, 0.2) is 5.82 Å². The Hall–Kier alpha value is -2.20. The summed E-state index contributed by atoms with van der Waals surface area (Å²) in [6, 6.07) is 14.7. The second-order valence-corrected chi connectivity index (χ2v) is 5.80. The fraction of sp³-hybridized carbons (Fsp3) is 0.333. The Morgan fingerprint density at radius 2 is 1.86 bits per heavy atom. The first-order valence-electron chi connectivity index (χ1n) is 7.70. The zero-order valence-electron chi connectivity index (χ0n) is 13.0. The SMILES string of the molecule is CC(C)c1nc(Cc2cccc3ccccc23)n(CCO)n1. The molecular weight excluding hydrogens is 274 g/mol. The van der Waals surface area contributed by atoms with Crippen LogP contribution in [0.15, 0.2) is 42.5 Å². The molecule has 0 bridgehead atoms. The fourth-order valence-electron chi connectivity index (χ4n) is 2.66. The quantitative estimate of drug-likeness (QED) is 0.786. The first kappa shape index (κ1) is 14.7. The first-order chi connectivity index (χ1) is 10.7. The summed E-state index contributed by atoms with van der Waals surface area (Å²) >= 11 is 0. The highest BCUT2D eigenvalue weighted by atomic mass is 16.3. The number of nitrogens with zero attached hydrogens (tertiary/aromatic N) is 3. The van der Waals surface area contributed by atoms with Crippen molar-refractivity contribution in [2.75, 3.05) is 6.61 Å². The van der Waals surface area contributed by atoms with E-state index in [-0.39, 0.29) is 12.5 Å². The molecule has 2 aromatic carbocycles. The molecule has 0 atom stereocenters. The summed E-state index contributed by atoms with van der Waals surface area (Å²) in [7, 11) is 0. The van der Waals surface area contributed by atoms with Gasteiger partial charge in [0.25, 0.3) is 0 Å². The monoisotopic (exact) mass is 295 g/mol. The molecule has 1 aromatic heterocycles. The molecule has 0 unspecified atom stereocenters. The minimum Gasteiger partial charge on any atom is -0.394 e. The predicted molar refractivity (Wildman–Crippen MR) is 88.0 cm³/mol. The third-order valence-corrected chi connectivity index (χ3v) is 3.82. The Kier molecular flexibility index (Phi) is 4.20. The molecule has 1 N–H and O–H groups in total. The molecule has 3 aromatic rings. The molecule has 0 aliphatic rings. The van der Waals surface area contributed by atoms with Gasteiger partial charge in [-0.2, -0.15) is 5.10 Å². The Morgan fingerprint density at radius 3 is 2.64 bits per heavy atom. The summed E-state index contributed by atoms with van der Waals surface area (Å²) in [5, 5.41) is 16.2. The van der Waals surface area contributed by atoms with Gasteiger partial charge in [0, 0.05) is 12.3 Å². The molecule has 0 saturated heterocycles. The van der Waals surface area contributed by atoms with Gasteiger partial charge in [-0.05, 0) is 16.3 Å². The summed E-state index contributed by atoms with van der Waals surface area (Å²) in [6.45, 7) is 4.73. The molecule has 3 rings (SSSR count). The van der Waals surface area contributed by atoms with Gasteiger partial charge in [0.1, 0.15) is 5.82 Å². The lowest BCUT2D eigenvalue weighted by Gasteiger charge is -2.07. The van der Waals surface area contributed by atoms with E-state index < -0.39 is 0 Å². The highest BCUT2D eigenvalue weighted by molar-refractivity contribution is 5.85. The normalized spacial score (nSPS) is 11.5. The van der Waals surface area contributed by atoms with Crippen LogP contribution in [0.3, 0.4) is 0 Å². The number of fused-ring (bicyclic) bond motifs is 1. The van der Waals surface area contributed by atoms with Gasteiger partial charge in [-0.1, -0.05) is 56.3 Å². The molecule has 0 aliphatic carbocycles. The largest absolute Gasteiger partial charge is 0.394 e. The van der Waals surface area contributed by atoms with Crippen molar-refractivity contribution >= 4 is 10.8 Å². The third kappa shape index (κ3) is 2.88. The number of aliphatic hydroxyl groups is 1. The number of benzene rings is 2. The highest BCUT2D eigenvalue weighted by Crippen LogP contribution is 2.21. The van der Waals surface area contributed by atoms with E-state index in [0.29, 0.717) is 6.54 Å². The van der Waals surface area contributed by atoms with E-state index in [1.807, 2.05) is 4.68 Å². The van der Waals surface area contributed by atoms with Crippen molar-refractivity contribution in [1.82, 2.24) is 14.8 Å². The smallest absolute Gasteiger partial charge is 0.153 e. The van der Waals surface area contributed by atoms with E-state index >= 15 is 0 Å². The molecular formula is C18H21N3O. The molecule has 0 fully saturated rings. The van der Waals surface area contributed by atoms with E-state index in [9.17, 15) is 5.11 Å². The lowest BCUT2D eigenvalue weighted by molar-refractivity contribution is 0.267. The van der Waals surface area contributed by atoms with Gasteiger partial charge in [-0.3, -0.25) is 0 Å². The van der Waals surface area contributed by atoms with Crippen molar-refractivity contribution < 1.29 is 5.11 Å². The Balaban J connectivity index is 2.01. The van der Waals surface area contributed by atoms with Crippen LogP contribution in [-0.2, 0) is 13.0 Å². The molecule has 22 heavy (non-hydrogen) atoms. The fourth-order valence-corrected chi connectivity index (χ4v) is 2.66. The van der Waals surface area contributed by atoms with E-state index in [1.54, 1.807) is 0 Å². The molecule has 4 nitrogen and oxygen atoms in total. The second kappa shape index (κ2) is 6.28. The zero-order chi connectivity index (χ0) is 15.5. The summed E-state index contributed by atoms with van der Waals surface area (Å²) in [5.41, 5.74) is 1.24. The van der Waals surface area contributed by atoms with Crippen LogP contribution in [-0.4, -0.2) is 26.5 Å². The van der Waals surface area contributed by atoms with Gasteiger partial charge in [0.05, 0.1) is 13.2 Å². The third-order valence-electron chi connectivity index (χ3n) is 3.82. The number of aliphatic hydroxyl groups excluding tert-OH is 1. The van der Waals surface area contributed by atoms with Gasteiger partial charge in [-0.25, -0.2) is 9.67 Å². The van der Waals surface area contributed by atoms with Gasteiger partial charge in [-0.15, -0.1) is 0 Å². The summed E-state index contributed by atoms with van der Waals surface area (Å²) in [6.07, 6.45) is 0.723.